The fourth-order valence-electron chi connectivity index (χ4n) is 14.4. The number of hydrogen-bond acceptors (Lipinski definition) is 14. The molecular formula is C77H86BBrF11KN8O11. The van der Waals surface area contributed by atoms with Gasteiger partial charge in [-0.3, -0.25) is 32.3 Å². The molecule has 0 unspecified atom stereocenters. The molecule has 2 saturated heterocycles. The van der Waals surface area contributed by atoms with Crippen molar-refractivity contribution in [3.8, 4) is 11.5 Å². The SMILES string of the molecule is COc1ccc(CN(C(=O)C(F)(F)F)[C@H]2C[C@@H](C)N(C(=O)OCc3ccccc3)[C@H]2CO[C@@H]2CC[C-]3C[C@H]3C2)cc1.COc1ccc(CN(C(=O)C(F)(F)F)[C@H]2C[C@@H](C)N(C(=O)OCc3ccccc3)[C@H]2CO[C@@H]2CC[C@@]3(c4ncc(F)cn4)C[C@H]3C2)cc1.Cc1ccccc1.FB(F)F.Fc1cnc(Br)nc1.O.[K+]. The van der Waals surface area contributed by atoms with Crippen LogP contribution in [0.4, 0.5) is 57.7 Å². The number of fused-ring (bicyclic) bond motifs is 2. The maximum Gasteiger partial charge on any atom is 1.00 e. The van der Waals surface area contributed by atoms with Crippen molar-refractivity contribution >= 4 is 47.5 Å². The third kappa shape index (κ3) is 25.8. The van der Waals surface area contributed by atoms with Crippen molar-refractivity contribution < 1.29 is 153 Å². The number of alkyl halides is 6. The normalized spacial score (nSPS) is 22.7. The van der Waals surface area contributed by atoms with Gasteiger partial charge in [-0.2, -0.15) is 38.7 Å². The molecule has 110 heavy (non-hydrogen) atoms. The molecule has 588 valence electrons. The zero-order valence-electron chi connectivity index (χ0n) is 61.4. The molecule has 2 N–H and O–H groups in total. The second kappa shape index (κ2) is 42.0. The number of ether oxygens (including phenoxy) is 6. The van der Waals surface area contributed by atoms with Crippen LogP contribution in [0.1, 0.15) is 112 Å². The Morgan fingerprint density at radius 1 is 0.582 bits per heavy atom. The van der Waals surface area contributed by atoms with Crippen LogP contribution in [0.15, 0.2) is 169 Å². The summed E-state index contributed by atoms with van der Waals surface area (Å²) in [5.74, 6) is -0.797. The van der Waals surface area contributed by atoms with Crippen LogP contribution in [-0.4, -0.2) is 165 Å². The fourth-order valence-corrected chi connectivity index (χ4v) is 14.6. The second-order valence-corrected chi connectivity index (χ2v) is 28.0. The smallest absolute Gasteiger partial charge is 0.497 e. The zero-order valence-corrected chi connectivity index (χ0v) is 66.2. The topological polar surface area (TPSA) is 220 Å². The van der Waals surface area contributed by atoms with E-state index in [0.29, 0.717) is 51.9 Å². The zero-order chi connectivity index (χ0) is 77.9. The average Bonchev–Trinajstić information content (AvgIpc) is 1.56. The van der Waals surface area contributed by atoms with Crippen molar-refractivity contribution in [3.63, 3.8) is 0 Å². The first-order valence-electron chi connectivity index (χ1n) is 35.2. The summed E-state index contributed by atoms with van der Waals surface area (Å²) in [4.78, 5) is 72.9. The summed E-state index contributed by atoms with van der Waals surface area (Å²) in [6.07, 6.45) is -0.270. The molecule has 6 aliphatic rings. The van der Waals surface area contributed by atoms with Gasteiger partial charge >= 0.3 is 95.3 Å². The molecule has 0 radical (unpaired) electrons. The molecule has 4 heterocycles. The van der Waals surface area contributed by atoms with Gasteiger partial charge in [-0.05, 0) is 128 Å². The fraction of sp³-hybridized carbons (Fsp3) is 0.442. The number of halogens is 12. The molecule has 2 aliphatic heterocycles. The number of rotatable bonds is 19. The van der Waals surface area contributed by atoms with Gasteiger partial charge in [0.1, 0.15) is 30.5 Å². The summed E-state index contributed by atoms with van der Waals surface area (Å²) in [7, 11) is -0.685. The van der Waals surface area contributed by atoms with E-state index in [9.17, 15) is 67.2 Å². The molecule has 5 aromatic carbocycles. The van der Waals surface area contributed by atoms with Crippen LogP contribution in [0.2, 0.25) is 0 Å². The van der Waals surface area contributed by atoms with Crippen molar-refractivity contribution in [2.75, 3.05) is 27.4 Å². The minimum atomic E-state index is -5.14. The van der Waals surface area contributed by atoms with Gasteiger partial charge in [0.15, 0.2) is 16.4 Å². The standard InChI is InChI=1S/C35H38F4N4O5.C31H36F3N2O5.C7H8.C4H2BrFN2.BF3.K.H2O/c1-22-14-29(42(32(44)35(37,38)39)19-23-8-10-27(46-2)11-9-23)30(43(22)33(45)48-20-24-6-4-3-5-7-24)21-47-28-12-13-34(16-25(34)15-28)31-40-17-26(36)18-41-31;1-20-14-27(35(29(37)31(32,33)34)17-21-8-11-25(39-2)12-9-21)28(19-40-26-13-10-23-15-24(23)16-26)36(20)30(38)41-18-22-6-4-3-5-7-22;1-7-5-3-2-4-6-7;5-4-7-1-3(6)2-8-4;2-1(3)4;;/h3-11,17-18,22,25,28-30H,12-16,19-21H2,1-2H3;3-9,11-12,20,24,26-28H,10,13-19H2,1-2H3;2-6H,1H3;1-2H;;;1H2/q;-1;;;;+1;/t22-,25-,28-,29+,30+,34-;20-,24+,26-,27+,28+;;;;;/m11...../s1. The molecule has 19 nitrogen and oxygen atoms in total. The van der Waals surface area contributed by atoms with E-state index in [0.717, 1.165) is 71.8 Å². The summed E-state index contributed by atoms with van der Waals surface area (Å²) in [5, 5.41) is 0. The van der Waals surface area contributed by atoms with E-state index in [1.165, 1.54) is 42.0 Å². The second-order valence-electron chi connectivity index (χ2n) is 27.3. The summed E-state index contributed by atoms with van der Waals surface area (Å²) in [6.45, 7) is 4.94. The number of methoxy groups -OCH3 is 2. The van der Waals surface area contributed by atoms with Crippen LogP contribution >= 0.6 is 15.9 Å². The Labute approximate surface area is 682 Å². The van der Waals surface area contributed by atoms with Crippen molar-refractivity contribution in [1.29, 1.82) is 0 Å². The summed E-state index contributed by atoms with van der Waals surface area (Å²) in [5.41, 5.74) is 3.65. The molecule has 13 rings (SSSR count). The van der Waals surface area contributed by atoms with E-state index in [1.807, 2.05) is 66.7 Å². The van der Waals surface area contributed by atoms with Crippen LogP contribution in [0.3, 0.4) is 0 Å². The van der Waals surface area contributed by atoms with E-state index in [4.69, 9.17) is 28.4 Å². The van der Waals surface area contributed by atoms with Gasteiger partial charge in [0, 0.05) is 30.6 Å². The Morgan fingerprint density at radius 3 is 1.35 bits per heavy atom. The van der Waals surface area contributed by atoms with E-state index < -0.39 is 91.8 Å². The quantitative estimate of drug-likeness (QED) is 0.0318. The summed E-state index contributed by atoms with van der Waals surface area (Å²) >= 11 is 2.96. The van der Waals surface area contributed by atoms with Gasteiger partial charge in [-0.1, -0.05) is 134 Å². The van der Waals surface area contributed by atoms with E-state index in [2.05, 4.69) is 54.9 Å². The van der Waals surface area contributed by atoms with Gasteiger partial charge < -0.3 is 49.6 Å². The molecule has 2 aromatic heterocycles. The average molecular weight is 1640 g/mol. The molecule has 7 aromatic rings. The Bertz CT molecular complexity index is 3970. The number of aryl methyl sites for hydroxylation is 1. The molecular weight excluding hydrogens is 1550 g/mol. The minimum Gasteiger partial charge on any atom is -0.497 e. The number of aromatic nitrogens is 4. The Kier molecular flexibility index (Phi) is 34.3. The first-order valence-corrected chi connectivity index (χ1v) is 35.9. The molecule has 4 aliphatic carbocycles. The van der Waals surface area contributed by atoms with Crippen LogP contribution in [0.5, 0.6) is 11.5 Å². The minimum absolute atomic E-state index is 0. The van der Waals surface area contributed by atoms with Crippen molar-refractivity contribution in [2.45, 2.75) is 178 Å². The summed E-state index contributed by atoms with van der Waals surface area (Å²) in [6, 6.07) is 36.9. The number of hydrogen-bond donors (Lipinski definition) is 0. The molecule has 6 fully saturated rings. The molecule has 4 amide bonds. The number of benzene rings is 5. The molecule has 4 saturated carbocycles. The largest absolute Gasteiger partial charge is 1.00 e. The number of amides is 4. The monoisotopic (exact) mass is 1640 g/mol. The predicted molar refractivity (Wildman–Crippen MR) is 383 cm³/mol. The number of nitrogens with zero attached hydrogens (tertiary/aromatic N) is 8. The van der Waals surface area contributed by atoms with Crippen molar-refractivity contribution in [2.24, 2.45) is 11.8 Å². The molecule has 0 spiro atoms. The van der Waals surface area contributed by atoms with E-state index in [-0.39, 0.29) is 133 Å². The Hall–Kier alpha value is -7.37. The van der Waals surface area contributed by atoms with Crippen LogP contribution in [-0.2, 0) is 60.3 Å². The first kappa shape index (κ1) is 89.8. The van der Waals surface area contributed by atoms with Crippen LogP contribution < -0.4 is 60.9 Å². The maximum atomic E-state index is 14.1. The number of carbonyl (C=O) groups is 4. The van der Waals surface area contributed by atoms with Gasteiger partial charge in [0.2, 0.25) is 0 Å². The van der Waals surface area contributed by atoms with Crippen LogP contribution in [0, 0.1) is 36.3 Å². The maximum absolute atomic E-state index is 14.1. The van der Waals surface area contributed by atoms with Gasteiger partial charge in [0.25, 0.3) is 0 Å². The number of carbonyl (C=O) groups excluding carboxylic acids is 4. The first-order chi connectivity index (χ1) is 51.5. The molecule has 0 bridgehead atoms. The van der Waals surface area contributed by atoms with Gasteiger partial charge in [0.05, 0.1) is 88.6 Å². The van der Waals surface area contributed by atoms with Gasteiger partial charge in [-0.25, -0.2) is 44.7 Å². The van der Waals surface area contributed by atoms with E-state index >= 15 is 0 Å². The third-order valence-corrected chi connectivity index (χ3v) is 20.3. The molecule has 11 atom stereocenters. The number of likely N-dealkylation sites (tertiary alicyclic amines) is 2. The third-order valence-electron chi connectivity index (χ3n) is 19.9. The predicted octanol–water partition coefficient (Wildman–Crippen LogP) is 12.6. The van der Waals surface area contributed by atoms with Crippen molar-refractivity contribution in [1.82, 2.24) is 39.5 Å². The summed E-state index contributed by atoms with van der Waals surface area (Å²) < 4.78 is 173. The Balaban J connectivity index is 0.000000244. The Morgan fingerprint density at radius 2 is 0.982 bits per heavy atom. The van der Waals surface area contributed by atoms with Crippen molar-refractivity contribution in [3.05, 3.63) is 220 Å². The molecule has 33 heteroatoms. The van der Waals surface area contributed by atoms with Gasteiger partial charge in [-0.15, -0.1) is 0 Å². The van der Waals surface area contributed by atoms with E-state index in [1.54, 1.807) is 80.4 Å². The van der Waals surface area contributed by atoms with Crippen LogP contribution in [0.25, 0.3) is 0 Å².